The Morgan fingerprint density at radius 3 is 2.73 bits per heavy atom. The van der Waals surface area contributed by atoms with Crippen molar-refractivity contribution in [2.45, 2.75) is 59.5 Å². The molecule has 1 aromatic heterocycles. The molecule has 0 radical (unpaired) electrons. The third kappa shape index (κ3) is 2.34. The molecule has 22 heavy (non-hydrogen) atoms. The van der Waals surface area contributed by atoms with Gasteiger partial charge in [0.1, 0.15) is 0 Å². The third-order valence-electron chi connectivity index (χ3n) is 6.50. The Morgan fingerprint density at radius 2 is 2.23 bits per heavy atom. The summed E-state index contributed by atoms with van der Waals surface area (Å²) in [7, 11) is 1.87. The molecular formula is C17H27N3OS. The average Bonchev–Trinajstić information content (AvgIpc) is 2.99. The molecule has 122 valence electrons. The predicted molar refractivity (Wildman–Crippen MR) is 89.9 cm³/mol. The number of carbonyl (C=O) groups is 1. The van der Waals surface area contributed by atoms with Gasteiger partial charge in [-0.25, -0.2) is 9.78 Å². The van der Waals surface area contributed by atoms with E-state index in [9.17, 15) is 4.79 Å². The molecule has 2 fully saturated rings. The number of nitrogens with one attached hydrogen (secondary N) is 1. The molecule has 0 unspecified atom stereocenters. The van der Waals surface area contributed by atoms with Gasteiger partial charge in [-0.2, -0.15) is 0 Å². The number of nitrogens with zero attached hydrogens (tertiary/aromatic N) is 2. The van der Waals surface area contributed by atoms with Crippen LogP contribution in [0, 0.1) is 23.7 Å². The second-order valence-corrected chi connectivity index (χ2v) is 9.13. The molecule has 2 bridgehead atoms. The van der Waals surface area contributed by atoms with Gasteiger partial charge in [-0.1, -0.05) is 20.8 Å². The number of hydrogen-bond acceptors (Lipinski definition) is 3. The summed E-state index contributed by atoms with van der Waals surface area (Å²) in [6, 6.07) is 0.347. The molecule has 3 atom stereocenters. The summed E-state index contributed by atoms with van der Waals surface area (Å²) in [4.78, 5) is 19.7. The maximum absolute atomic E-state index is 12.5. The molecule has 2 amide bonds. The Hall–Kier alpha value is -1.10. The van der Waals surface area contributed by atoms with Crippen LogP contribution in [0.2, 0.25) is 0 Å². The zero-order valence-corrected chi connectivity index (χ0v) is 15.1. The zero-order chi connectivity index (χ0) is 16.1. The molecule has 0 spiro atoms. The van der Waals surface area contributed by atoms with Gasteiger partial charge in [-0.05, 0) is 42.9 Å². The van der Waals surface area contributed by atoms with E-state index in [0.717, 1.165) is 22.2 Å². The van der Waals surface area contributed by atoms with Crippen LogP contribution in [0.5, 0.6) is 0 Å². The highest BCUT2D eigenvalue weighted by atomic mass is 32.1. The van der Waals surface area contributed by atoms with E-state index in [-0.39, 0.29) is 11.4 Å². The van der Waals surface area contributed by atoms with Gasteiger partial charge in [0.25, 0.3) is 0 Å². The van der Waals surface area contributed by atoms with Crippen molar-refractivity contribution >= 4 is 17.4 Å². The van der Waals surface area contributed by atoms with Crippen LogP contribution in [-0.4, -0.2) is 29.0 Å². The van der Waals surface area contributed by atoms with Crippen molar-refractivity contribution in [1.29, 1.82) is 0 Å². The Kier molecular flexibility index (Phi) is 3.75. The SMILES string of the molecule is Cc1ncc(CN(C)C(=O)N[C@H]2C[C@H]3CC[C@@]2(C)C3(C)C)s1. The number of amides is 2. The van der Waals surface area contributed by atoms with Gasteiger partial charge < -0.3 is 10.2 Å². The smallest absolute Gasteiger partial charge is 0.317 e. The van der Waals surface area contributed by atoms with E-state index in [0.29, 0.717) is 18.0 Å². The van der Waals surface area contributed by atoms with Crippen LogP contribution in [0.25, 0.3) is 0 Å². The maximum atomic E-state index is 12.5. The first-order chi connectivity index (χ1) is 10.2. The molecule has 2 aliphatic carbocycles. The van der Waals surface area contributed by atoms with Gasteiger partial charge in [0.2, 0.25) is 0 Å². The summed E-state index contributed by atoms with van der Waals surface area (Å²) in [6.45, 7) is 9.73. The van der Waals surface area contributed by atoms with E-state index in [4.69, 9.17) is 0 Å². The number of carbonyl (C=O) groups excluding carboxylic acids is 1. The van der Waals surface area contributed by atoms with Crippen molar-refractivity contribution in [1.82, 2.24) is 15.2 Å². The summed E-state index contributed by atoms with van der Waals surface area (Å²) in [5, 5.41) is 4.35. The van der Waals surface area contributed by atoms with E-state index in [1.807, 2.05) is 20.2 Å². The Bertz CT molecular complexity index is 582. The number of aryl methyl sites for hydroxylation is 1. The first kappa shape index (κ1) is 15.8. The molecule has 1 aromatic rings. The highest BCUT2D eigenvalue weighted by Gasteiger charge is 2.61. The van der Waals surface area contributed by atoms with Gasteiger partial charge in [-0.3, -0.25) is 0 Å². The van der Waals surface area contributed by atoms with Crippen LogP contribution in [0.1, 0.15) is 49.9 Å². The van der Waals surface area contributed by atoms with E-state index < -0.39 is 0 Å². The highest BCUT2D eigenvalue weighted by molar-refractivity contribution is 7.11. The maximum Gasteiger partial charge on any atom is 0.317 e. The number of aromatic nitrogens is 1. The normalized spacial score (nSPS) is 32.2. The minimum atomic E-state index is 0.0422. The highest BCUT2D eigenvalue weighted by Crippen LogP contribution is 2.65. The molecule has 0 aliphatic heterocycles. The molecular weight excluding hydrogens is 294 g/mol. The number of thiazole rings is 1. The van der Waals surface area contributed by atoms with Crippen molar-refractivity contribution in [2.75, 3.05) is 7.05 Å². The Balaban J connectivity index is 1.63. The quantitative estimate of drug-likeness (QED) is 0.920. The summed E-state index contributed by atoms with van der Waals surface area (Å²) in [5.74, 6) is 0.747. The van der Waals surface area contributed by atoms with Gasteiger partial charge in [0, 0.05) is 24.2 Å². The van der Waals surface area contributed by atoms with Gasteiger partial charge in [0.15, 0.2) is 0 Å². The van der Waals surface area contributed by atoms with Gasteiger partial charge in [0.05, 0.1) is 11.6 Å². The zero-order valence-electron chi connectivity index (χ0n) is 14.3. The predicted octanol–water partition coefficient (Wildman–Crippen LogP) is 3.81. The Labute approximate surface area is 137 Å². The van der Waals surface area contributed by atoms with E-state index in [2.05, 4.69) is 31.1 Å². The molecule has 2 aliphatic rings. The molecule has 1 N–H and O–H groups in total. The summed E-state index contributed by atoms with van der Waals surface area (Å²) in [5.41, 5.74) is 0.563. The summed E-state index contributed by atoms with van der Waals surface area (Å²) >= 11 is 1.65. The molecule has 4 nitrogen and oxygen atoms in total. The fourth-order valence-electron chi connectivity index (χ4n) is 4.47. The Morgan fingerprint density at radius 1 is 1.50 bits per heavy atom. The number of urea groups is 1. The summed E-state index contributed by atoms with van der Waals surface area (Å²) in [6.07, 6.45) is 5.54. The third-order valence-corrected chi connectivity index (χ3v) is 7.40. The molecule has 1 heterocycles. The lowest BCUT2D eigenvalue weighted by Gasteiger charge is -2.40. The van der Waals surface area contributed by atoms with Crippen LogP contribution < -0.4 is 5.32 Å². The van der Waals surface area contributed by atoms with Gasteiger partial charge >= 0.3 is 6.03 Å². The van der Waals surface area contributed by atoms with Crippen LogP contribution in [0.3, 0.4) is 0 Å². The molecule has 2 saturated carbocycles. The second-order valence-electron chi connectivity index (χ2n) is 7.81. The minimum Gasteiger partial charge on any atom is -0.335 e. The first-order valence-electron chi connectivity index (χ1n) is 8.17. The van der Waals surface area contributed by atoms with E-state index in [1.165, 1.54) is 12.8 Å². The minimum absolute atomic E-state index is 0.0422. The number of hydrogen-bond donors (Lipinski definition) is 1. The lowest BCUT2D eigenvalue weighted by Crippen LogP contribution is -2.50. The van der Waals surface area contributed by atoms with Crippen molar-refractivity contribution < 1.29 is 4.79 Å². The van der Waals surface area contributed by atoms with Crippen molar-refractivity contribution in [3.8, 4) is 0 Å². The molecule has 0 aromatic carbocycles. The van der Waals surface area contributed by atoms with Crippen molar-refractivity contribution in [2.24, 2.45) is 16.7 Å². The fourth-order valence-corrected chi connectivity index (χ4v) is 5.31. The standard InChI is InChI=1S/C17H27N3OS/c1-11-18-9-13(22-11)10-20(5)15(21)19-14-8-12-6-7-17(14,4)16(12,2)3/h9,12,14H,6-8,10H2,1-5H3,(H,19,21)/t12-,14+,17-/m1/s1. The monoisotopic (exact) mass is 321 g/mol. The van der Waals surface area contributed by atoms with Crippen LogP contribution in [0.15, 0.2) is 6.20 Å². The topological polar surface area (TPSA) is 45.2 Å². The fraction of sp³-hybridized carbons (Fsp3) is 0.765. The number of rotatable bonds is 3. The van der Waals surface area contributed by atoms with Crippen molar-refractivity contribution in [3.63, 3.8) is 0 Å². The second kappa shape index (κ2) is 5.22. The lowest BCUT2D eigenvalue weighted by atomic mass is 9.69. The van der Waals surface area contributed by atoms with Gasteiger partial charge in [-0.15, -0.1) is 11.3 Å². The van der Waals surface area contributed by atoms with Crippen LogP contribution in [0.4, 0.5) is 4.79 Å². The van der Waals surface area contributed by atoms with Crippen LogP contribution in [-0.2, 0) is 6.54 Å². The number of fused-ring (bicyclic) bond motifs is 2. The van der Waals surface area contributed by atoms with Crippen molar-refractivity contribution in [3.05, 3.63) is 16.1 Å². The molecule has 3 rings (SSSR count). The largest absolute Gasteiger partial charge is 0.335 e. The first-order valence-corrected chi connectivity index (χ1v) is 8.98. The van der Waals surface area contributed by atoms with E-state index in [1.54, 1.807) is 16.2 Å². The molecule has 5 heteroatoms. The van der Waals surface area contributed by atoms with E-state index >= 15 is 0 Å². The molecule has 0 saturated heterocycles. The summed E-state index contributed by atoms with van der Waals surface area (Å²) < 4.78 is 0. The van der Waals surface area contributed by atoms with Crippen LogP contribution >= 0.6 is 11.3 Å². The average molecular weight is 321 g/mol. The lowest BCUT2D eigenvalue weighted by molar-refractivity contribution is 0.119.